The van der Waals surface area contributed by atoms with Crippen LogP contribution in [0.2, 0.25) is 0 Å². The van der Waals surface area contributed by atoms with E-state index in [2.05, 4.69) is 5.32 Å². The Morgan fingerprint density at radius 3 is 2.45 bits per heavy atom. The third-order valence-electron chi connectivity index (χ3n) is 2.98. The Hall–Kier alpha value is -2.24. The molecule has 0 radical (unpaired) electrons. The second kappa shape index (κ2) is 6.27. The van der Waals surface area contributed by atoms with Gasteiger partial charge in [0, 0.05) is 23.5 Å². The van der Waals surface area contributed by atoms with Crippen molar-refractivity contribution in [1.29, 1.82) is 0 Å². The van der Waals surface area contributed by atoms with E-state index in [4.69, 9.17) is 10.8 Å². The van der Waals surface area contributed by atoms with Gasteiger partial charge >= 0.3 is 0 Å². The molecule has 5 heteroatoms. The average Bonchev–Trinajstić information content (AvgIpc) is 2.47. The predicted molar refractivity (Wildman–Crippen MR) is 79.5 cm³/mol. The van der Waals surface area contributed by atoms with Gasteiger partial charge in [-0.25, -0.2) is 0 Å². The standard InChI is InChI=1S/C15H18N2O3/c16-15-6-3-11(17-8-13(20)9-18)7-14(15)10-1-4-12(19)5-2-10/h1-7,13,17-20H,8-9,16H2. The molecule has 2 rings (SSSR count). The normalized spacial score (nSPS) is 12.1. The molecule has 0 aliphatic carbocycles. The van der Waals surface area contributed by atoms with Crippen molar-refractivity contribution in [2.24, 2.45) is 0 Å². The first-order chi connectivity index (χ1) is 9.60. The van der Waals surface area contributed by atoms with Crippen LogP contribution in [0.5, 0.6) is 5.75 Å². The van der Waals surface area contributed by atoms with Crippen LogP contribution in [0.15, 0.2) is 42.5 Å². The van der Waals surface area contributed by atoms with Gasteiger partial charge in [-0.15, -0.1) is 0 Å². The molecule has 2 aromatic carbocycles. The van der Waals surface area contributed by atoms with Gasteiger partial charge in [-0.3, -0.25) is 0 Å². The van der Waals surface area contributed by atoms with Gasteiger partial charge in [-0.2, -0.15) is 0 Å². The van der Waals surface area contributed by atoms with E-state index in [-0.39, 0.29) is 18.9 Å². The molecule has 2 aromatic rings. The molecule has 0 saturated heterocycles. The first kappa shape index (κ1) is 14.2. The molecule has 0 saturated carbocycles. The Kier molecular flexibility index (Phi) is 4.45. The summed E-state index contributed by atoms with van der Waals surface area (Å²) in [6.45, 7) is -0.0256. The van der Waals surface area contributed by atoms with Crippen molar-refractivity contribution in [2.45, 2.75) is 6.10 Å². The molecular formula is C15H18N2O3. The number of benzene rings is 2. The predicted octanol–water partition coefficient (Wildman–Crippen LogP) is 1.41. The van der Waals surface area contributed by atoms with E-state index in [1.807, 2.05) is 12.1 Å². The third-order valence-corrected chi connectivity index (χ3v) is 2.98. The Morgan fingerprint density at radius 2 is 1.80 bits per heavy atom. The van der Waals surface area contributed by atoms with Gasteiger partial charge in [0.1, 0.15) is 5.75 Å². The first-order valence-corrected chi connectivity index (χ1v) is 6.32. The summed E-state index contributed by atoms with van der Waals surface area (Å²) < 4.78 is 0. The van der Waals surface area contributed by atoms with E-state index in [0.717, 1.165) is 16.8 Å². The number of aromatic hydroxyl groups is 1. The van der Waals surface area contributed by atoms with Crippen LogP contribution in [0, 0.1) is 0 Å². The van der Waals surface area contributed by atoms with Gasteiger partial charge in [0.05, 0.1) is 12.7 Å². The van der Waals surface area contributed by atoms with Crippen LogP contribution < -0.4 is 11.1 Å². The Bertz CT molecular complexity index is 570. The maximum atomic E-state index is 9.33. The van der Waals surface area contributed by atoms with Crippen LogP contribution in [0.25, 0.3) is 11.1 Å². The zero-order valence-corrected chi connectivity index (χ0v) is 11.0. The minimum atomic E-state index is -0.801. The molecule has 0 bridgehead atoms. The summed E-state index contributed by atoms with van der Waals surface area (Å²) in [5.41, 5.74) is 9.13. The lowest BCUT2D eigenvalue weighted by atomic mass is 10.0. The molecule has 0 fully saturated rings. The maximum absolute atomic E-state index is 9.33. The van der Waals surface area contributed by atoms with E-state index in [1.54, 1.807) is 30.3 Å². The lowest BCUT2D eigenvalue weighted by Gasteiger charge is -2.13. The van der Waals surface area contributed by atoms with Crippen molar-refractivity contribution < 1.29 is 15.3 Å². The molecule has 5 nitrogen and oxygen atoms in total. The largest absolute Gasteiger partial charge is 0.508 e. The minimum Gasteiger partial charge on any atom is -0.508 e. The van der Waals surface area contributed by atoms with Gasteiger partial charge in [-0.1, -0.05) is 12.1 Å². The van der Waals surface area contributed by atoms with Crippen LogP contribution in [-0.2, 0) is 0 Å². The summed E-state index contributed by atoms with van der Waals surface area (Å²) in [5, 5.41) is 30.4. The highest BCUT2D eigenvalue weighted by atomic mass is 16.3. The van der Waals surface area contributed by atoms with Gasteiger partial charge in [-0.05, 0) is 35.9 Å². The molecule has 0 heterocycles. The van der Waals surface area contributed by atoms with E-state index in [1.165, 1.54) is 0 Å². The first-order valence-electron chi connectivity index (χ1n) is 6.32. The van der Waals surface area contributed by atoms with E-state index >= 15 is 0 Å². The zero-order valence-electron chi connectivity index (χ0n) is 11.0. The number of hydrogen-bond acceptors (Lipinski definition) is 5. The molecule has 1 unspecified atom stereocenters. The quantitative estimate of drug-likeness (QED) is 0.531. The third kappa shape index (κ3) is 3.40. The van der Waals surface area contributed by atoms with Crippen molar-refractivity contribution in [1.82, 2.24) is 0 Å². The number of phenols is 1. The van der Waals surface area contributed by atoms with Crippen LogP contribution in [0.4, 0.5) is 11.4 Å². The number of phenolic OH excluding ortho intramolecular Hbond substituents is 1. The number of hydrogen-bond donors (Lipinski definition) is 5. The van der Waals surface area contributed by atoms with Crippen molar-refractivity contribution >= 4 is 11.4 Å². The van der Waals surface area contributed by atoms with E-state index in [0.29, 0.717) is 5.69 Å². The highest BCUT2D eigenvalue weighted by Crippen LogP contribution is 2.29. The van der Waals surface area contributed by atoms with Crippen molar-refractivity contribution in [2.75, 3.05) is 24.2 Å². The summed E-state index contributed by atoms with van der Waals surface area (Å²) in [6.07, 6.45) is -0.801. The van der Waals surface area contributed by atoms with Gasteiger partial charge in [0.2, 0.25) is 0 Å². The number of aliphatic hydroxyl groups is 2. The van der Waals surface area contributed by atoms with Gasteiger partial charge in [0.25, 0.3) is 0 Å². The molecule has 6 N–H and O–H groups in total. The molecule has 0 amide bonds. The average molecular weight is 274 g/mol. The van der Waals surface area contributed by atoms with Crippen LogP contribution >= 0.6 is 0 Å². The SMILES string of the molecule is Nc1ccc(NCC(O)CO)cc1-c1ccc(O)cc1. The lowest BCUT2D eigenvalue weighted by Crippen LogP contribution is -2.22. The van der Waals surface area contributed by atoms with Gasteiger partial charge in [0.15, 0.2) is 0 Å². The van der Waals surface area contributed by atoms with Crippen LogP contribution in [0.1, 0.15) is 0 Å². The topological polar surface area (TPSA) is 98.7 Å². The van der Waals surface area contributed by atoms with Crippen LogP contribution in [-0.4, -0.2) is 34.6 Å². The van der Waals surface area contributed by atoms with Crippen molar-refractivity contribution in [3.05, 3.63) is 42.5 Å². The molecule has 0 aromatic heterocycles. The Balaban J connectivity index is 2.22. The number of rotatable bonds is 5. The molecule has 1 atom stereocenters. The summed E-state index contributed by atoms with van der Waals surface area (Å²) in [5.74, 6) is 0.202. The number of aliphatic hydroxyl groups excluding tert-OH is 2. The molecule has 0 aliphatic rings. The number of nitrogens with one attached hydrogen (secondary N) is 1. The van der Waals surface area contributed by atoms with Crippen molar-refractivity contribution in [3.8, 4) is 16.9 Å². The highest BCUT2D eigenvalue weighted by molar-refractivity contribution is 5.79. The minimum absolute atomic E-state index is 0.202. The summed E-state index contributed by atoms with van der Waals surface area (Å²) in [6, 6.07) is 12.2. The van der Waals surface area contributed by atoms with Crippen LogP contribution in [0.3, 0.4) is 0 Å². The second-order valence-corrected chi connectivity index (χ2v) is 4.57. The summed E-state index contributed by atoms with van der Waals surface area (Å²) in [4.78, 5) is 0. The molecular weight excluding hydrogens is 256 g/mol. The van der Waals surface area contributed by atoms with E-state index in [9.17, 15) is 10.2 Å². The Morgan fingerprint density at radius 1 is 1.10 bits per heavy atom. The molecule has 0 aliphatic heterocycles. The number of anilines is 2. The second-order valence-electron chi connectivity index (χ2n) is 4.57. The smallest absolute Gasteiger partial charge is 0.115 e. The Labute approximate surface area is 117 Å². The fraction of sp³-hybridized carbons (Fsp3) is 0.200. The number of nitrogens with two attached hydrogens (primary N) is 1. The molecule has 0 spiro atoms. The van der Waals surface area contributed by atoms with Gasteiger partial charge < -0.3 is 26.4 Å². The zero-order chi connectivity index (χ0) is 14.5. The van der Waals surface area contributed by atoms with Crippen molar-refractivity contribution in [3.63, 3.8) is 0 Å². The lowest BCUT2D eigenvalue weighted by molar-refractivity contribution is 0.105. The molecule has 20 heavy (non-hydrogen) atoms. The fourth-order valence-corrected chi connectivity index (χ4v) is 1.86. The number of nitrogen functional groups attached to an aromatic ring is 1. The maximum Gasteiger partial charge on any atom is 0.115 e. The summed E-state index contributed by atoms with van der Waals surface area (Å²) >= 11 is 0. The monoisotopic (exact) mass is 274 g/mol. The fourth-order valence-electron chi connectivity index (χ4n) is 1.86. The van der Waals surface area contributed by atoms with E-state index < -0.39 is 6.10 Å². The highest BCUT2D eigenvalue weighted by Gasteiger charge is 2.06. The molecule has 106 valence electrons. The summed E-state index contributed by atoms with van der Waals surface area (Å²) in [7, 11) is 0.